The molecule has 0 spiro atoms. The SMILES string of the molecule is CC1=Cc2ccc(-c3c4ccccc4c(-c4ccc(-c5ccc(-c6cccnc6)nc5)cc4)c4ccccc34)cc2CC1. The summed E-state index contributed by atoms with van der Waals surface area (Å²) in [7, 11) is 0. The normalized spacial score (nSPS) is 12.7. The molecule has 0 radical (unpaired) electrons. The Morgan fingerprint density at radius 2 is 1.14 bits per heavy atom. The average Bonchev–Trinajstić information content (AvgIpc) is 3.07. The van der Waals surface area contributed by atoms with Crippen molar-refractivity contribution in [3.8, 4) is 44.6 Å². The Labute approximate surface area is 252 Å². The van der Waals surface area contributed by atoms with Gasteiger partial charge in [0.1, 0.15) is 0 Å². The number of pyridine rings is 2. The van der Waals surface area contributed by atoms with E-state index in [0.717, 1.165) is 35.2 Å². The first kappa shape index (κ1) is 25.4. The maximum absolute atomic E-state index is 4.71. The summed E-state index contributed by atoms with van der Waals surface area (Å²) in [5.41, 5.74) is 13.6. The molecule has 8 rings (SSSR count). The van der Waals surface area contributed by atoms with Gasteiger partial charge in [-0.15, -0.1) is 0 Å². The van der Waals surface area contributed by atoms with Crippen LogP contribution in [0.5, 0.6) is 0 Å². The number of aryl methyl sites for hydroxylation is 1. The van der Waals surface area contributed by atoms with Crippen LogP contribution in [-0.2, 0) is 6.42 Å². The predicted octanol–water partition coefficient (Wildman–Crippen LogP) is 10.8. The molecule has 7 aromatic rings. The molecule has 2 aromatic heterocycles. The second-order valence-electron chi connectivity index (χ2n) is 11.5. The predicted molar refractivity (Wildman–Crippen MR) is 181 cm³/mol. The van der Waals surface area contributed by atoms with E-state index in [1.165, 1.54) is 60.5 Å². The lowest BCUT2D eigenvalue weighted by atomic mass is 9.84. The number of nitrogens with zero attached hydrogens (tertiary/aromatic N) is 2. The van der Waals surface area contributed by atoms with Gasteiger partial charge in [-0.05, 0) is 98.5 Å². The minimum Gasteiger partial charge on any atom is -0.264 e. The standard InChI is InChI=1S/C41H30N2/c1-27-12-13-31-24-32(19-18-30(31)23-27)41-37-10-4-2-8-35(37)40(36-9-3-5-11-38(36)41)29-16-14-28(15-17-29)33-20-21-39(43-26-33)34-7-6-22-42-25-34/h2-11,14-26H,12-13H2,1H3. The van der Waals surface area contributed by atoms with Gasteiger partial charge in [-0.1, -0.05) is 109 Å². The Morgan fingerprint density at radius 1 is 0.512 bits per heavy atom. The highest BCUT2D eigenvalue weighted by atomic mass is 14.7. The number of allylic oxidation sites excluding steroid dienone is 1. The summed E-state index contributed by atoms with van der Waals surface area (Å²) in [5.74, 6) is 0. The first-order valence-electron chi connectivity index (χ1n) is 14.9. The van der Waals surface area contributed by atoms with Gasteiger partial charge in [0.15, 0.2) is 0 Å². The van der Waals surface area contributed by atoms with Gasteiger partial charge in [-0.2, -0.15) is 0 Å². The van der Waals surface area contributed by atoms with Gasteiger partial charge < -0.3 is 0 Å². The monoisotopic (exact) mass is 550 g/mol. The molecule has 43 heavy (non-hydrogen) atoms. The topological polar surface area (TPSA) is 25.8 Å². The van der Waals surface area contributed by atoms with E-state index in [1.807, 2.05) is 24.5 Å². The van der Waals surface area contributed by atoms with E-state index in [2.05, 4.69) is 121 Å². The third kappa shape index (κ3) is 4.52. The van der Waals surface area contributed by atoms with Crippen molar-refractivity contribution >= 4 is 27.6 Å². The van der Waals surface area contributed by atoms with E-state index < -0.39 is 0 Å². The van der Waals surface area contributed by atoms with Crippen molar-refractivity contribution < 1.29 is 0 Å². The van der Waals surface area contributed by atoms with E-state index in [0.29, 0.717) is 0 Å². The maximum atomic E-state index is 4.71. The molecule has 0 atom stereocenters. The van der Waals surface area contributed by atoms with Crippen molar-refractivity contribution in [3.63, 3.8) is 0 Å². The molecule has 5 aromatic carbocycles. The molecule has 2 heteroatoms. The van der Waals surface area contributed by atoms with Crippen LogP contribution in [0.15, 0.2) is 139 Å². The molecule has 0 bridgehead atoms. The largest absolute Gasteiger partial charge is 0.264 e. The first-order chi connectivity index (χ1) is 21.2. The highest BCUT2D eigenvalue weighted by molar-refractivity contribution is 6.21. The van der Waals surface area contributed by atoms with E-state index >= 15 is 0 Å². The lowest BCUT2D eigenvalue weighted by molar-refractivity contribution is 0.928. The van der Waals surface area contributed by atoms with Gasteiger partial charge in [-0.25, -0.2) is 0 Å². The van der Waals surface area contributed by atoms with Gasteiger partial charge in [-0.3, -0.25) is 9.97 Å². The molecule has 1 aliphatic rings. The minimum absolute atomic E-state index is 0.928. The zero-order chi connectivity index (χ0) is 28.8. The molecule has 0 aliphatic heterocycles. The summed E-state index contributed by atoms with van der Waals surface area (Å²) >= 11 is 0. The zero-order valence-corrected chi connectivity index (χ0v) is 24.1. The molecule has 0 amide bonds. The van der Waals surface area contributed by atoms with Gasteiger partial charge >= 0.3 is 0 Å². The molecular formula is C41H30N2. The van der Waals surface area contributed by atoms with E-state index in [-0.39, 0.29) is 0 Å². The molecule has 2 heterocycles. The van der Waals surface area contributed by atoms with Crippen molar-refractivity contribution in [1.82, 2.24) is 9.97 Å². The summed E-state index contributed by atoms with van der Waals surface area (Å²) in [6.07, 6.45) is 10.2. The van der Waals surface area contributed by atoms with E-state index in [4.69, 9.17) is 4.98 Å². The smallest absolute Gasteiger partial charge is 0.0717 e. The first-order valence-corrected chi connectivity index (χ1v) is 14.9. The van der Waals surface area contributed by atoms with Crippen LogP contribution in [0.3, 0.4) is 0 Å². The number of rotatable bonds is 4. The van der Waals surface area contributed by atoms with Crippen LogP contribution in [0.2, 0.25) is 0 Å². The number of aromatic nitrogens is 2. The van der Waals surface area contributed by atoms with Crippen LogP contribution in [0.25, 0.3) is 72.3 Å². The van der Waals surface area contributed by atoms with Gasteiger partial charge in [0.05, 0.1) is 5.69 Å². The summed E-state index contributed by atoms with van der Waals surface area (Å²) in [4.78, 5) is 8.94. The number of hydrogen-bond acceptors (Lipinski definition) is 2. The van der Waals surface area contributed by atoms with Crippen LogP contribution in [0, 0.1) is 0 Å². The second kappa shape index (κ2) is 10.5. The average molecular weight is 551 g/mol. The van der Waals surface area contributed by atoms with Crippen LogP contribution in [0.1, 0.15) is 24.5 Å². The maximum Gasteiger partial charge on any atom is 0.0717 e. The quantitative estimate of drug-likeness (QED) is 0.204. The fourth-order valence-electron chi connectivity index (χ4n) is 6.62. The zero-order valence-electron chi connectivity index (χ0n) is 24.1. The molecule has 1 aliphatic carbocycles. The second-order valence-corrected chi connectivity index (χ2v) is 11.5. The van der Waals surface area contributed by atoms with Crippen LogP contribution < -0.4 is 0 Å². The number of fused-ring (bicyclic) bond motifs is 3. The Bertz CT molecular complexity index is 2100. The lowest BCUT2D eigenvalue weighted by Crippen LogP contribution is -1.98. The fourth-order valence-corrected chi connectivity index (χ4v) is 6.62. The van der Waals surface area contributed by atoms with Crippen molar-refractivity contribution in [3.05, 3.63) is 151 Å². The molecule has 2 nitrogen and oxygen atoms in total. The number of hydrogen-bond donors (Lipinski definition) is 0. The Morgan fingerprint density at radius 3 is 1.77 bits per heavy atom. The van der Waals surface area contributed by atoms with Crippen molar-refractivity contribution in [2.75, 3.05) is 0 Å². The molecule has 0 unspecified atom stereocenters. The summed E-state index contributed by atoms with van der Waals surface area (Å²) in [5, 5.41) is 5.13. The summed E-state index contributed by atoms with van der Waals surface area (Å²) < 4.78 is 0. The molecule has 0 saturated heterocycles. The molecule has 0 N–H and O–H groups in total. The highest BCUT2D eigenvalue weighted by Crippen LogP contribution is 2.44. The van der Waals surface area contributed by atoms with Gasteiger partial charge in [0, 0.05) is 29.7 Å². The Balaban J connectivity index is 1.24. The van der Waals surface area contributed by atoms with Gasteiger partial charge in [0.25, 0.3) is 0 Å². The lowest BCUT2D eigenvalue weighted by Gasteiger charge is -2.20. The van der Waals surface area contributed by atoms with Crippen LogP contribution >= 0.6 is 0 Å². The minimum atomic E-state index is 0.928. The van der Waals surface area contributed by atoms with Crippen molar-refractivity contribution in [1.29, 1.82) is 0 Å². The summed E-state index contributed by atoms with van der Waals surface area (Å²) in [6, 6.07) is 41.9. The van der Waals surface area contributed by atoms with Gasteiger partial charge in [0.2, 0.25) is 0 Å². The van der Waals surface area contributed by atoms with Crippen LogP contribution in [0.4, 0.5) is 0 Å². The third-order valence-corrected chi connectivity index (χ3v) is 8.78. The third-order valence-electron chi connectivity index (χ3n) is 8.78. The fraction of sp³-hybridized carbons (Fsp3) is 0.0732. The molecular weight excluding hydrogens is 520 g/mol. The highest BCUT2D eigenvalue weighted by Gasteiger charge is 2.18. The van der Waals surface area contributed by atoms with E-state index in [1.54, 1.807) is 6.20 Å². The van der Waals surface area contributed by atoms with Crippen molar-refractivity contribution in [2.24, 2.45) is 0 Å². The van der Waals surface area contributed by atoms with Crippen LogP contribution in [-0.4, -0.2) is 9.97 Å². The Hall–Kier alpha value is -5.34. The van der Waals surface area contributed by atoms with E-state index in [9.17, 15) is 0 Å². The molecule has 0 saturated carbocycles. The number of benzene rings is 5. The molecule has 204 valence electrons. The molecule has 0 fully saturated rings. The summed E-state index contributed by atoms with van der Waals surface area (Å²) in [6.45, 7) is 2.24. The van der Waals surface area contributed by atoms with Crippen molar-refractivity contribution in [2.45, 2.75) is 19.8 Å². The Kier molecular flexibility index (Phi) is 6.19.